The summed E-state index contributed by atoms with van der Waals surface area (Å²) in [5, 5.41) is 4.58. The van der Waals surface area contributed by atoms with E-state index in [1.54, 1.807) is 6.92 Å². The fourth-order valence-electron chi connectivity index (χ4n) is 2.10. The van der Waals surface area contributed by atoms with Crippen LogP contribution in [-0.2, 0) is 9.53 Å². The van der Waals surface area contributed by atoms with Crippen LogP contribution in [0.5, 0.6) is 0 Å². The van der Waals surface area contributed by atoms with Crippen molar-refractivity contribution in [2.24, 2.45) is 0 Å². The van der Waals surface area contributed by atoms with Crippen molar-refractivity contribution in [2.75, 3.05) is 0 Å². The molecule has 1 atom stereocenters. The van der Waals surface area contributed by atoms with Crippen LogP contribution in [0.15, 0.2) is 35.7 Å². The number of hydrogen-bond donors (Lipinski definition) is 1. The van der Waals surface area contributed by atoms with Crippen LogP contribution in [0.4, 0.5) is 0 Å². The Hall–Kier alpha value is -2.14. The lowest BCUT2D eigenvalue weighted by Crippen LogP contribution is -2.39. The van der Waals surface area contributed by atoms with Gasteiger partial charge in [-0.2, -0.15) is 0 Å². The highest BCUT2D eigenvalue weighted by Gasteiger charge is 2.22. The molecule has 0 bridgehead atoms. The van der Waals surface area contributed by atoms with Gasteiger partial charge in [0.2, 0.25) is 0 Å². The summed E-state index contributed by atoms with van der Waals surface area (Å²) in [5.74, 6) is -0.760. The number of nitrogens with one attached hydrogen (secondary N) is 1. The maximum absolute atomic E-state index is 12.4. The van der Waals surface area contributed by atoms with Crippen LogP contribution < -0.4 is 5.32 Å². The number of hydrogen-bond acceptors (Lipinski definition) is 4. The summed E-state index contributed by atoms with van der Waals surface area (Å²) in [6.07, 6.45) is -0.821. The summed E-state index contributed by atoms with van der Waals surface area (Å²) in [6.45, 7) is 7.32. The van der Waals surface area contributed by atoms with E-state index in [0.29, 0.717) is 4.88 Å². The van der Waals surface area contributed by atoms with Crippen LogP contribution in [0.2, 0.25) is 0 Å². The molecule has 1 heterocycles. The molecule has 5 heteroatoms. The van der Waals surface area contributed by atoms with Gasteiger partial charge in [-0.3, -0.25) is 4.79 Å². The van der Waals surface area contributed by atoms with Gasteiger partial charge in [0.25, 0.3) is 5.91 Å². The van der Waals surface area contributed by atoms with Crippen molar-refractivity contribution in [3.05, 3.63) is 46.2 Å². The molecule has 0 spiro atoms. The van der Waals surface area contributed by atoms with Gasteiger partial charge < -0.3 is 10.1 Å². The van der Waals surface area contributed by atoms with Gasteiger partial charge in [-0.25, -0.2) is 4.79 Å². The molecule has 2 aromatic rings. The Balaban J connectivity index is 2.13. The van der Waals surface area contributed by atoms with E-state index in [-0.39, 0.29) is 11.9 Å². The van der Waals surface area contributed by atoms with Crippen LogP contribution >= 0.6 is 11.3 Å². The second kappa shape index (κ2) is 7.42. The molecule has 2 rings (SSSR count). The molecule has 0 saturated heterocycles. The summed E-state index contributed by atoms with van der Waals surface area (Å²) in [6, 6.07) is 9.85. The van der Waals surface area contributed by atoms with Crippen molar-refractivity contribution in [2.45, 2.75) is 39.8 Å². The number of rotatable bonds is 5. The predicted octanol–water partition coefficient (Wildman–Crippen LogP) is 3.79. The number of carbonyl (C=O) groups is 2. The zero-order chi connectivity index (χ0) is 17.0. The standard InChI is InChI=1S/C18H21NO3S/c1-11(2)19-17(20)13(4)22-18(21)16-15(9-10-23-16)14-7-5-12(3)6-8-14/h5-11,13H,1-4H3,(H,19,20)/t13-/m0/s1. The first kappa shape index (κ1) is 17.2. The Kier molecular flexibility index (Phi) is 5.55. The summed E-state index contributed by atoms with van der Waals surface area (Å²) >= 11 is 1.32. The third-order valence-electron chi connectivity index (χ3n) is 3.30. The van der Waals surface area contributed by atoms with Crippen LogP contribution in [0, 0.1) is 6.92 Å². The number of amides is 1. The molecule has 122 valence electrons. The summed E-state index contributed by atoms with van der Waals surface area (Å²) in [7, 11) is 0. The highest BCUT2D eigenvalue weighted by Crippen LogP contribution is 2.29. The minimum Gasteiger partial charge on any atom is -0.448 e. The van der Waals surface area contributed by atoms with Crippen molar-refractivity contribution in [3.8, 4) is 11.1 Å². The van der Waals surface area contributed by atoms with Gasteiger partial charge in [-0.15, -0.1) is 11.3 Å². The molecule has 1 aromatic carbocycles. The zero-order valence-electron chi connectivity index (χ0n) is 13.8. The lowest BCUT2D eigenvalue weighted by atomic mass is 10.1. The van der Waals surface area contributed by atoms with Gasteiger partial charge in [-0.1, -0.05) is 29.8 Å². The number of ether oxygens (including phenoxy) is 1. The van der Waals surface area contributed by atoms with Gasteiger partial charge in [0, 0.05) is 11.6 Å². The highest BCUT2D eigenvalue weighted by molar-refractivity contribution is 7.12. The number of aryl methyl sites for hydroxylation is 1. The Bertz CT molecular complexity index is 689. The largest absolute Gasteiger partial charge is 0.448 e. The maximum atomic E-state index is 12.4. The van der Waals surface area contributed by atoms with E-state index in [1.165, 1.54) is 11.3 Å². The molecule has 1 amide bonds. The zero-order valence-corrected chi connectivity index (χ0v) is 14.6. The SMILES string of the molecule is Cc1ccc(-c2ccsc2C(=O)O[C@@H](C)C(=O)NC(C)C)cc1. The van der Waals surface area contributed by atoms with E-state index in [0.717, 1.165) is 16.7 Å². The monoisotopic (exact) mass is 331 g/mol. The van der Waals surface area contributed by atoms with E-state index < -0.39 is 12.1 Å². The molecule has 0 fully saturated rings. The normalized spacial score (nSPS) is 12.0. The first-order valence-corrected chi connectivity index (χ1v) is 8.42. The van der Waals surface area contributed by atoms with Gasteiger partial charge in [-0.05, 0) is 44.7 Å². The van der Waals surface area contributed by atoms with Gasteiger partial charge >= 0.3 is 5.97 Å². The van der Waals surface area contributed by atoms with Crippen LogP contribution in [0.1, 0.15) is 36.0 Å². The Morgan fingerprint density at radius 2 is 1.74 bits per heavy atom. The highest BCUT2D eigenvalue weighted by atomic mass is 32.1. The molecule has 4 nitrogen and oxygen atoms in total. The predicted molar refractivity (Wildman–Crippen MR) is 92.6 cm³/mol. The number of carbonyl (C=O) groups excluding carboxylic acids is 2. The maximum Gasteiger partial charge on any atom is 0.349 e. The van der Waals surface area contributed by atoms with Crippen LogP contribution in [-0.4, -0.2) is 24.0 Å². The second-order valence-corrected chi connectivity index (χ2v) is 6.66. The lowest BCUT2D eigenvalue weighted by Gasteiger charge is -2.15. The molecule has 23 heavy (non-hydrogen) atoms. The molecule has 1 N–H and O–H groups in total. The number of thiophene rings is 1. The van der Waals surface area contributed by atoms with Crippen molar-refractivity contribution >= 4 is 23.2 Å². The lowest BCUT2D eigenvalue weighted by molar-refractivity contribution is -0.129. The molecule has 0 aliphatic heterocycles. The second-order valence-electron chi connectivity index (χ2n) is 5.74. The van der Waals surface area contributed by atoms with Gasteiger partial charge in [0.15, 0.2) is 6.10 Å². The van der Waals surface area contributed by atoms with Gasteiger partial charge in [0.05, 0.1) is 0 Å². The Morgan fingerprint density at radius 3 is 2.35 bits per heavy atom. The van der Waals surface area contributed by atoms with E-state index in [1.807, 2.05) is 56.5 Å². The quantitative estimate of drug-likeness (QED) is 0.848. The fourth-order valence-corrected chi connectivity index (χ4v) is 2.89. The third-order valence-corrected chi connectivity index (χ3v) is 4.19. The molecule has 1 aromatic heterocycles. The number of esters is 1. The van der Waals surface area contributed by atoms with Crippen molar-refractivity contribution in [3.63, 3.8) is 0 Å². The van der Waals surface area contributed by atoms with Crippen molar-refractivity contribution in [1.29, 1.82) is 0 Å². The number of benzene rings is 1. The molecule has 0 aliphatic rings. The molecule has 0 unspecified atom stereocenters. The topological polar surface area (TPSA) is 55.4 Å². The minimum absolute atomic E-state index is 0.00788. The molecular formula is C18H21NO3S. The van der Waals surface area contributed by atoms with E-state index in [2.05, 4.69) is 5.32 Å². The smallest absolute Gasteiger partial charge is 0.349 e. The van der Waals surface area contributed by atoms with E-state index in [9.17, 15) is 9.59 Å². The Labute approximate surface area is 140 Å². The van der Waals surface area contributed by atoms with E-state index >= 15 is 0 Å². The average Bonchev–Trinajstić information content (AvgIpc) is 2.96. The molecule has 0 saturated carbocycles. The third kappa shape index (κ3) is 4.42. The van der Waals surface area contributed by atoms with Crippen LogP contribution in [0.25, 0.3) is 11.1 Å². The molecule has 0 aliphatic carbocycles. The first-order chi connectivity index (χ1) is 10.9. The summed E-state index contributed by atoms with van der Waals surface area (Å²) < 4.78 is 5.30. The van der Waals surface area contributed by atoms with Crippen LogP contribution in [0.3, 0.4) is 0 Å². The summed E-state index contributed by atoms with van der Waals surface area (Å²) in [4.78, 5) is 24.8. The Morgan fingerprint density at radius 1 is 1.09 bits per heavy atom. The van der Waals surface area contributed by atoms with Gasteiger partial charge in [0.1, 0.15) is 4.88 Å². The average molecular weight is 331 g/mol. The van der Waals surface area contributed by atoms with Crippen molar-refractivity contribution < 1.29 is 14.3 Å². The fraction of sp³-hybridized carbons (Fsp3) is 0.333. The minimum atomic E-state index is -0.821. The van der Waals surface area contributed by atoms with E-state index in [4.69, 9.17) is 4.74 Å². The first-order valence-electron chi connectivity index (χ1n) is 7.54. The van der Waals surface area contributed by atoms with Crippen molar-refractivity contribution in [1.82, 2.24) is 5.32 Å². The molecule has 0 radical (unpaired) electrons. The summed E-state index contributed by atoms with van der Waals surface area (Å²) in [5.41, 5.74) is 2.95. The molecular weight excluding hydrogens is 310 g/mol.